The Morgan fingerprint density at radius 1 is 0.667 bits per heavy atom. The second-order valence-corrected chi connectivity index (χ2v) is 11.3. The third-order valence-corrected chi connectivity index (χ3v) is 6.94. The molecule has 0 fully saturated rings. The van der Waals surface area contributed by atoms with Crippen LogP contribution >= 0.6 is 0 Å². The van der Waals surface area contributed by atoms with Crippen LogP contribution in [-0.2, 0) is 19.1 Å². The average molecular weight is 631 g/mol. The Morgan fingerprint density at radius 2 is 1.29 bits per heavy atom. The van der Waals surface area contributed by atoms with Gasteiger partial charge in [0.1, 0.15) is 6.61 Å². The zero-order valence-corrected chi connectivity index (χ0v) is 28.1. The molecule has 0 aliphatic rings. The summed E-state index contributed by atoms with van der Waals surface area (Å²) in [5.41, 5.74) is 0. The van der Waals surface area contributed by atoms with E-state index in [0.29, 0.717) is 25.7 Å². The van der Waals surface area contributed by atoms with E-state index in [1.54, 1.807) is 24.3 Å². The van der Waals surface area contributed by atoms with Crippen molar-refractivity contribution in [3.8, 4) is 0 Å². The predicted octanol–water partition coefficient (Wildman–Crippen LogP) is 8.16. The molecule has 0 aliphatic heterocycles. The molecule has 0 aromatic carbocycles. The first kappa shape index (κ1) is 42.3. The van der Waals surface area contributed by atoms with Crippen molar-refractivity contribution in [1.82, 2.24) is 0 Å². The maximum Gasteiger partial charge on any atom is 0.306 e. The van der Waals surface area contributed by atoms with E-state index in [9.17, 15) is 24.9 Å². The summed E-state index contributed by atoms with van der Waals surface area (Å²) in [4.78, 5) is 24.1. The average Bonchev–Trinajstić information content (AvgIpc) is 3.03. The van der Waals surface area contributed by atoms with Crippen molar-refractivity contribution in [1.29, 1.82) is 0 Å². The first-order valence-electron chi connectivity index (χ1n) is 17.2. The Bertz CT molecular complexity index is 885. The molecule has 0 saturated carbocycles. The molecule has 0 unspecified atom stereocenters. The van der Waals surface area contributed by atoms with Gasteiger partial charge in [0, 0.05) is 12.8 Å². The van der Waals surface area contributed by atoms with Crippen LogP contribution in [0.4, 0.5) is 0 Å². The minimum atomic E-state index is -0.842. The van der Waals surface area contributed by atoms with Crippen LogP contribution in [0.25, 0.3) is 0 Å². The van der Waals surface area contributed by atoms with Crippen LogP contribution in [0.1, 0.15) is 123 Å². The van der Waals surface area contributed by atoms with E-state index in [0.717, 1.165) is 32.1 Å². The normalized spacial score (nSPS) is 14.5. The zero-order valence-electron chi connectivity index (χ0n) is 28.1. The summed E-state index contributed by atoms with van der Waals surface area (Å²) in [7, 11) is 0. The van der Waals surface area contributed by atoms with Gasteiger partial charge in [0.2, 0.25) is 0 Å². The second kappa shape index (κ2) is 32.6. The van der Waals surface area contributed by atoms with Crippen LogP contribution in [0.3, 0.4) is 0 Å². The van der Waals surface area contributed by atoms with E-state index in [4.69, 9.17) is 9.47 Å². The van der Waals surface area contributed by atoms with Crippen LogP contribution in [-0.4, -0.2) is 58.8 Å². The van der Waals surface area contributed by atoms with E-state index in [1.807, 2.05) is 48.6 Å². The standard InChI is InChI=1S/C38H62O7/c1-3-5-7-8-9-10-11-15-18-24-31-38(43)45-36(32-39)33-44-37(42)30-25-19-23-29-35(41)28-22-17-14-12-13-16-21-27-34(40)26-20-6-4-2/h6,13-14,16-17,20-23,27-29,34-36,39-41H,3-5,7-12,15,18-19,24-26,30-33H2,1-2H3/b16-13-,17-14-,20-6-,27-21+,28-22+,29-23-/t34-,35-,36+/m1/s1. The summed E-state index contributed by atoms with van der Waals surface area (Å²) in [6.07, 6.45) is 36.1. The molecular weight excluding hydrogens is 568 g/mol. The lowest BCUT2D eigenvalue weighted by atomic mass is 10.1. The molecular formula is C38H62O7. The van der Waals surface area contributed by atoms with Crippen LogP contribution in [0, 0.1) is 0 Å². The van der Waals surface area contributed by atoms with Gasteiger partial charge in [-0.15, -0.1) is 0 Å². The molecule has 0 aromatic rings. The number of esters is 2. The Hall–Kier alpha value is -2.74. The number of carbonyl (C=O) groups is 2. The molecule has 3 atom stereocenters. The van der Waals surface area contributed by atoms with Gasteiger partial charge in [-0.05, 0) is 38.5 Å². The molecule has 7 heteroatoms. The maximum atomic E-state index is 12.1. The summed E-state index contributed by atoms with van der Waals surface area (Å²) in [6, 6.07) is 0. The third-order valence-electron chi connectivity index (χ3n) is 6.94. The molecule has 0 rings (SSSR count). The molecule has 0 aliphatic carbocycles. The first-order valence-corrected chi connectivity index (χ1v) is 17.2. The van der Waals surface area contributed by atoms with E-state index in [-0.39, 0.29) is 19.0 Å². The highest BCUT2D eigenvalue weighted by Gasteiger charge is 2.16. The minimum absolute atomic E-state index is 0.154. The number of ether oxygens (including phenoxy) is 2. The summed E-state index contributed by atoms with van der Waals surface area (Å²) in [5.74, 6) is -0.784. The highest BCUT2D eigenvalue weighted by Crippen LogP contribution is 2.12. The summed E-state index contributed by atoms with van der Waals surface area (Å²) in [5, 5.41) is 29.3. The lowest BCUT2D eigenvalue weighted by Crippen LogP contribution is -2.28. The number of aliphatic hydroxyl groups is 3. The van der Waals surface area contributed by atoms with Crippen molar-refractivity contribution in [3.63, 3.8) is 0 Å². The number of carbonyl (C=O) groups excluding carboxylic acids is 2. The second-order valence-electron chi connectivity index (χ2n) is 11.3. The van der Waals surface area contributed by atoms with Crippen LogP contribution in [0.15, 0.2) is 72.9 Å². The molecule has 3 N–H and O–H groups in total. The topological polar surface area (TPSA) is 113 Å². The largest absolute Gasteiger partial charge is 0.462 e. The number of aliphatic hydroxyl groups excluding tert-OH is 3. The van der Waals surface area contributed by atoms with Gasteiger partial charge in [0.05, 0.1) is 18.8 Å². The Morgan fingerprint density at radius 3 is 1.93 bits per heavy atom. The summed E-state index contributed by atoms with van der Waals surface area (Å²) >= 11 is 0. The monoisotopic (exact) mass is 630 g/mol. The Kier molecular flexibility index (Phi) is 30.7. The van der Waals surface area contributed by atoms with Gasteiger partial charge in [0.25, 0.3) is 0 Å². The molecule has 0 amide bonds. The molecule has 7 nitrogen and oxygen atoms in total. The Balaban J connectivity index is 3.93. The molecule has 0 heterocycles. The first-order chi connectivity index (χ1) is 21.9. The van der Waals surface area contributed by atoms with Gasteiger partial charge in [-0.2, -0.15) is 0 Å². The number of rotatable bonds is 29. The van der Waals surface area contributed by atoms with Crippen molar-refractivity contribution in [3.05, 3.63) is 72.9 Å². The highest BCUT2D eigenvalue weighted by atomic mass is 16.6. The molecule has 0 aromatic heterocycles. The molecule has 0 spiro atoms. The summed E-state index contributed by atoms with van der Waals surface area (Å²) < 4.78 is 10.4. The SMILES string of the molecule is CC/C=C\C[C@@H](O)/C=C/C=C\C/C=C\C=C\[C@@H](O)/C=C\CCCC(=O)OC[C@H](CO)OC(=O)CCCCCCCCCCCC. The van der Waals surface area contributed by atoms with Crippen LogP contribution in [0.5, 0.6) is 0 Å². The number of hydrogen-bond donors (Lipinski definition) is 3. The van der Waals surface area contributed by atoms with Crippen molar-refractivity contribution < 1.29 is 34.4 Å². The van der Waals surface area contributed by atoms with Crippen molar-refractivity contribution in [2.75, 3.05) is 13.2 Å². The van der Waals surface area contributed by atoms with Crippen LogP contribution in [0.2, 0.25) is 0 Å². The van der Waals surface area contributed by atoms with Gasteiger partial charge >= 0.3 is 11.9 Å². The molecule has 0 radical (unpaired) electrons. The summed E-state index contributed by atoms with van der Waals surface area (Å²) in [6.45, 7) is 3.74. The van der Waals surface area contributed by atoms with Crippen LogP contribution < -0.4 is 0 Å². The molecule has 0 saturated heterocycles. The molecule has 45 heavy (non-hydrogen) atoms. The number of unbranched alkanes of at least 4 members (excludes halogenated alkanes) is 10. The lowest BCUT2D eigenvalue weighted by molar-refractivity contribution is -0.161. The molecule has 256 valence electrons. The van der Waals surface area contributed by atoms with Gasteiger partial charge in [0.15, 0.2) is 6.10 Å². The fraction of sp³-hybridized carbons (Fsp3) is 0.632. The molecule has 0 bridgehead atoms. The number of hydrogen-bond acceptors (Lipinski definition) is 7. The predicted molar refractivity (Wildman–Crippen MR) is 185 cm³/mol. The minimum Gasteiger partial charge on any atom is -0.462 e. The fourth-order valence-corrected chi connectivity index (χ4v) is 4.29. The van der Waals surface area contributed by atoms with Gasteiger partial charge in [-0.1, -0.05) is 145 Å². The lowest BCUT2D eigenvalue weighted by Gasteiger charge is -2.15. The third kappa shape index (κ3) is 31.0. The van der Waals surface area contributed by atoms with E-state index < -0.39 is 30.9 Å². The van der Waals surface area contributed by atoms with E-state index in [2.05, 4.69) is 13.8 Å². The quantitative estimate of drug-likeness (QED) is 0.0331. The zero-order chi connectivity index (χ0) is 33.2. The van der Waals surface area contributed by atoms with Crippen molar-refractivity contribution in [2.45, 2.75) is 141 Å². The Labute approximate surface area is 273 Å². The fourth-order valence-electron chi connectivity index (χ4n) is 4.29. The maximum absolute atomic E-state index is 12.1. The van der Waals surface area contributed by atoms with Gasteiger partial charge in [-0.25, -0.2) is 0 Å². The van der Waals surface area contributed by atoms with E-state index in [1.165, 1.54) is 44.9 Å². The highest BCUT2D eigenvalue weighted by molar-refractivity contribution is 5.70. The van der Waals surface area contributed by atoms with Crippen molar-refractivity contribution >= 4 is 11.9 Å². The van der Waals surface area contributed by atoms with Gasteiger partial charge in [-0.3, -0.25) is 9.59 Å². The van der Waals surface area contributed by atoms with Crippen molar-refractivity contribution in [2.24, 2.45) is 0 Å². The van der Waals surface area contributed by atoms with Gasteiger partial charge < -0.3 is 24.8 Å². The van der Waals surface area contributed by atoms with E-state index >= 15 is 0 Å². The number of allylic oxidation sites excluding steroid dienone is 8. The smallest absolute Gasteiger partial charge is 0.306 e.